The van der Waals surface area contributed by atoms with Gasteiger partial charge in [-0.2, -0.15) is 5.26 Å². The van der Waals surface area contributed by atoms with Crippen LogP contribution in [0.5, 0.6) is 5.75 Å². The number of halogens is 1. The van der Waals surface area contributed by atoms with Gasteiger partial charge in [0.15, 0.2) is 6.61 Å². The minimum atomic E-state index is -0.648. The van der Waals surface area contributed by atoms with E-state index in [0.717, 1.165) is 0 Å². The summed E-state index contributed by atoms with van der Waals surface area (Å²) in [6, 6.07) is 5.81. The fraction of sp³-hybridized carbons (Fsp3) is 0.385. The molecule has 0 heterocycles. The molecular weight excluding hydrogens is 235 g/mol. The van der Waals surface area contributed by atoms with Crippen molar-refractivity contribution in [3.8, 4) is 11.8 Å². The number of likely N-dealkylation sites (N-methyl/N-ethyl adjacent to an activating group) is 1. The van der Waals surface area contributed by atoms with E-state index >= 15 is 0 Å². The summed E-state index contributed by atoms with van der Waals surface area (Å²) < 4.78 is 18.5. The van der Waals surface area contributed by atoms with Gasteiger partial charge in [0.1, 0.15) is 23.2 Å². The Morgan fingerprint density at radius 1 is 1.44 bits per heavy atom. The van der Waals surface area contributed by atoms with Gasteiger partial charge >= 0.3 is 0 Å². The normalized spacial score (nSPS) is 9.67. The first-order valence-corrected chi connectivity index (χ1v) is 5.73. The van der Waals surface area contributed by atoms with Crippen molar-refractivity contribution in [1.29, 1.82) is 5.26 Å². The Labute approximate surface area is 106 Å². The second-order valence-corrected chi connectivity index (χ2v) is 3.58. The smallest absolute Gasteiger partial charge is 0.260 e. The molecule has 5 heteroatoms. The lowest BCUT2D eigenvalue weighted by molar-refractivity contribution is -0.132. The molecule has 0 radical (unpaired) electrons. The number of ether oxygens (including phenoxy) is 1. The molecule has 0 saturated heterocycles. The molecule has 0 aliphatic heterocycles. The van der Waals surface area contributed by atoms with Gasteiger partial charge in [-0.3, -0.25) is 4.79 Å². The molecule has 0 aromatic heterocycles. The van der Waals surface area contributed by atoms with Crippen molar-refractivity contribution < 1.29 is 13.9 Å². The van der Waals surface area contributed by atoms with Crippen LogP contribution < -0.4 is 4.74 Å². The predicted octanol–water partition coefficient (Wildman–Crippen LogP) is 1.94. The number of benzene rings is 1. The van der Waals surface area contributed by atoms with Gasteiger partial charge < -0.3 is 9.64 Å². The van der Waals surface area contributed by atoms with E-state index in [1.165, 1.54) is 18.2 Å². The highest BCUT2D eigenvalue weighted by molar-refractivity contribution is 5.77. The molecule has 18 heavy (non-hydrogen) atoms. The first-order chi connectivity index (χ1) is 8.63. The van der Waals surface area contributed by atoms with Crippen molar-refractivity contribution in [3.63, 3.8) is 0 Å². The van der Waals surface area contributed by atoms with E-state index in [4.69, 9.17) is 10.00 Å². The third-order valence-corrected chi connectivity index (χ3v) is 2.55. The molecular formula is C13H15FN2O2. The number of hydrogen-bond donors (Lipinski definition) is 0. The van der Waals surface area contributed by atoms with Crippen LogP contribution in [-0.2, 0) is 4.79 Å². The topological polar surface area (TPSA) is 53.3 Å². The van der Waals surface area contributed by atoms with E-state index in [1.54, 1.807) is 11.0 Å². The second kappa shape index (κ2) is 6.60. The van der Waals surface area contributed by atoms with Crippen LogP contribution in [0.4, 0.5) is 4.39 Å². The molecule has 1 aromatic rings. The molecule has 0 unspecified atom stereocenters. The monoisotopic (exact) mass is 250 g/mol. The average molecular weight is 250 g/mol. The van der Waals surface area contributed by atoms with Crippen molar-refractivity contribution in [1.82, 2.24) is 4.90 Å². The maximum Gasteiger partial charge on any atom is 0.260 e. The van der Waals surface area contributed by atoms with Crippen LogP contribution >= 0.6 is 0 Å². The summed E-state index contributed by atoms with van der Waals surface area (Å²) in [5.41, 5.74) is -0.176. The molecule has 0 spiro atoms. The minimum absolute atomic E-state index is 0.0954. The van der Waals surface area contributed by atoms with E-state index in [2.05, 4.69) is 0 Å². The quantitative estimate of drug-likeness (QED) is 0.802. The number of nitrogens with zero attached hydrogens (tertiary/aromatic N) is 2. The van der Waals surface area contributed by atoms with Gasteiger partial charge in [-0.1, -0.05) is 6.07 Å². The minimum Gasteiger partial charge on any atom is -0.482 e. The molecule has 4 nitrogen and oxygen atoms in total. The van der Waals surface area contributed by atoms with Gasteiger partial charge in [0.2, 0.25) is 0 Å². The van der Waals surface area contributed by atoms with Crippen LogP contribution in [-0.4, -0.2) is 30.5 Å². The fourth-order valence-corrected chi connectivity index (χ4v) is 1.54. The molecule has 1 aromatic carbocycles. The highest BCUT2D eigenvalue weighted by atomic mass is 19.1. The predicted molar refractivity (Wildman–Crippen MR) is 64.5 cm³/mol. The van der Waals surface area contributed by atoms with Crippen molar-refractivity contribution in [3.05, 3.63) is 29.6 Å². The van der Waals surface area contributed by atoms with Crippen LogP contribution in [0, 0.1) is 17.1 Å². The molecule has 0 aliphatic rings. The Balaban J connectivity index is 2.73. The van der Waals surface area contributed by atoms with Crippen LogP contribution in [0.15, 0.2) is 18.2 Å². The Bertz CT molecular complexity index is 465. The first kappa shape index (κ1) is 14.0. The zero-order valence-electron chi connectivity index (χ0n) is 10.4. The van der Waals surface area contributed by atoms with E-state index in [1.807, 2.05) is 13.8 Å². The third-order valence-electron chi connectivity index (χ3n) is 2.55. The maximum atomic E-state index is 13.3. The lowest BCUT2D eigenvalue weighted by Crippen LogP contribution is -2.34. The second-order valence-electron chi connectivity index (χ2n) is 3.58. The highest BCUT2D eigenvalue weighted by Crippen LogP contribution is 2.20. The summed E-state index contributed by atoms with van der Waals surface area (Å²) in [5, 5.41) is 8.80. The Morgan fingerprint density at radius 2 is 2.11 bits per heavy atom. The van der Waals surface area contributed by atoms with Crippen LogP contribution in [0.2, 0.25) is 0 Å². The maximum absolute atomic E-state index is 13.3. The van der Waals surface area contributed by atoms with Gasteiger partial charge in [0, 0.05) is 13.1 Å². The molecule has 96 valence electrons. The lowest BCUT2D eigenvalue weighted by Gasteiger charge is -2.18. The lowest BCUT2D eigenvalue weighted by atomic mass is 10.2. The largest absolute Gasteiger partial charge is 0.482 e. The zero-order chi connectivity index (χ0) is 13.5. The fourth-order valence-electron chi connectivity index (χ4n) is 1.54. The zero-order valence-corrected chi connectivity index (χ0v) is 10.4. The molecule has 0 saturated carbocycles. The van der Waals surface area contributed by atoms with Gasteiger partial charge in [0.25, 0.3) is 5.91 Å². The average Bonchev–Trinajstić information content (AvgIpc) is 2.37. The van der Waals surface area contributed by atoms with Crippen molar-refractivity contribution in [2.24, 2.45) is 0 Å². The Kier molecular flexibility index (Phi) is 5.12. The van der Waals surface area contributed by atoms with Gasteiger partial charge in [0.05, 0.1) is 0 Å². The van der Waals surface area contributed by atoms with Crippen molar-refractivity contribution >= 4 is 5.91 Å². The molecule has 1 rings (SSSR count). The summed E-state index contributed by atoms with van der Waals surface area (Å²) in [6.45, 7) is 4.72. The summed E-state index contributed by atoms with van der Waals surface area (Å²) >= 11 is 0. The third kappa shape index (κ3) is 3.20. The van der Waals surface area contributed by atoms with Crippen LogP contribution in [0.3, 0.4) is 0 Å². The van der Waals surface area contributed by atoms with E-state index in [9.17, 15) is 9.18 Å². The Hall–Kier alpha value is -2.09. The highest BCUT2D eigenvalue weighted by Gasteiger charge is 2.13. The number of rotatable bonds is 5. The summed E-state index contributed by atoms with van der Waals surface area (Å²) in [7, 11) is 0. The first-order valence-electron chi connectivity index (χ1n) is 5.73. The number of carbonyl (C=O) groups excluding carboxylic acids is 1. The standard InChI is InChI=1S/C13H15FN2O2/c1-3-16(4-2)13(17)9-18-12-7-5-6-11(14)10(12)8-15/h5-7H,3-4,9H2,1-2H3. The molecule has 1 amide bonds. The SMILES string of the molecule is CCN(CC)C(=O)COc1cccc(F)c1C#N. The Morgan fingerprint density at radius 3 is 2.67 bits per heavy atom. The summed E-state index contributed by atoms with van der Waals surface area (Å²) in [4.78, 5) is 13.3. The van der Waals surface area contributed by atoms with E-state index < -0.39 is 5.82 Å². The number of amides is 1. The van der Waals surface area contributed by atoms with Crippen LogP contribution in [0.25, 0.3) is 0 Å². The summed E-state index contributed by atoms with van der Waals surface area (Å²) in [6.07, 6.45) is 0. The molecule has 0 bridgehead atoms. The van der Waals surface area contributed by atoms with Crippen molar-refractivity contribution in [2.45, 2.75) is 13.8 Å². The van der Waals surface area contributed by atoms with Gasteiger partial charge in [-0.15, -0.1) is 0 Å². The van der Waals surface area contributed by atoms with Gasteiger partial charge in [-0.05, 0) is 26.0 Å². The number of carbonyl (C=O) groups is 1. The number of nitriles is 1. The van der Waals surface area contributed by atoms with E-state index in [0.29, 0.717) is 13.1 Å². The molecule has 0 fully saturated rings. The molecule has 0 N–H and O–H groups in total. The van der Waals surface area contributed by atoms with Crippen LogP contribution in [0.1, 0.15) is 19.4 Å². The summed E-state index contributed by atoms with van der Waals surface area (Å²) in [5.74, 6) is -0.739. The van der Waals surface area contributed by atoms with E-state index in [-0.39, 0.29) is 23.8 Å². The molecule has 0 atom stereocenters. The molecule has 0 aliphatic carbocycles. The number of hydrogen-bond acceptors (Lipinski definition) is 3. The van der Waals surface area contributed by atoms with Crippen molar-refractivity contribution in [2.75, 3.05) is 19.7 Å². The van der Waals surface area contributed by atoms with Gasteiger partial charge in [-0.25, -0.2) is 4.39 Å².